The van der Waals surface area contributed by atoms with Crippen LogP contribution in [-0.4, -0.2) is 6.29 Å². The maximum absolute atomic E-state index is 13.6. The average molecular weight is 264 g/mol. The zero-order valence-corrected chi connectivity index (χ0v) is 10.8. The van der Waals surface area contributed by atoms with Crippen LogP contribution in [0.2, 0.25) is 0 Å². The molecule has 0 heterocycles. The Kier molecular flexibility index (Phi) is 3.30. The van der Waals surface area contributed by atoms with Crippen LogP contribution in [0, 0.1) is 5.82 Å². The second kappa shape index (κ2) is 5.25. The Morgan fingerprint density at radius 3 is 2.45 bits per heavy atom. The topological polar surface area (TPSA) is 17.1 Å². The van der Waals surface area contributed by atoms with E-state index in [2.05, 4.69) is 0 Å². The predicted octanol–water partition coefficient (Wildman–Crippen LogP) is 4.38. The number of carbonyl (C=O) groups is 1. The van der Waals surface area contributed by atoms with E-state index < -0.39 is 0 Å². The fraction of sp³-hybridized carbons (Fsp3) is 0.0556. The minimum absolute atomic E-state index is 0.177. The lowest BCUT2D eigenvalue weighted by molar-refractivity contribution is 0.112. The van der Waals surface area contributed by atoms with Gasteiger partial charge in [-0.15, -0.1) is 0 Å². The standard InChI is InChI=1S/C18H13FO/c19-18-4-2-1-3-17(18)10-13-5-7-16-11-14(12-20)6-8-15(16)9-13/h1-9,11-12H,10H2. The lowest BCUT2D eigenvalue weighted by Gasteiger charge is -2.06. The van der Waals surface area contributed by atoms with Crippen molar-refractivity contribution >= 4 is 17.1 Å². The van der Waals surface area contributed by atoms with Gasteiger partial charge in [0.2, 0.25) is 0 Å². The van der Waals surface area contributed by atoms with Gasteiger partial charge in [0.1, 0.15) is 12.1 Å². The van der Waals surface area contributed by atoms with Crippen molar-refractivity contribution in [2.75, 3.05) is 0 Å². The van der Waals surface area contributed by atoms with Gasteiger partial charge in [0.05, 0.1) is 0 Å². The molecule has 0 N–H and O–H groups in total. The number of aldehydes is 1. The van der Waals surface area contributed by atoms with Gasteiger partial charge < -0.3 is 0 Å². The molecule has 0 aliphatic carbocycles. The van der Waals surface area contributed by atoms with Crippen molar-refractivity contribution in [3.05, 3.63) is 83.2 Å². The molecule has 98 valence electrons. The highest BCUT2D eigenvalue weighted by atomic mass is 19.1. The van der Waals surface area contributed by atoms with E-state index in [1.165, 1.54) is 6.07 Å². The number of rotatable bonds is 3. The van der Waals surface area contributed by atoms with Crippen molar-refractivity contribution < 1.29 is 9.18 Å². The van der Waals surface area contributed by atoms with Crippen LogP contribution in [0.15, 0.2) is 60.7 Å². The van der Waals surface area contributed by atoms with Gasteiger partial charge in [-0.3, -0.25) is 4.79 Å². The van der Waals surface area contributed by atoms with Gasteiger partial charge in [0.15, 0.2) is 0 Å². The maximum Gasteiger partial charge on any atom is 0.150 e. The van der Waals surface area contributed by atoms with Crippen LogP contribution < -0.4 is 0 Å². The van der Waals surface area contributed by atoms with Gasteiger partial charge in [0, 0.05) is 12.0 Å². The van der Waals surface area contributed by atoms with E-state index in [9.17, 15) is 9.18 Å². The Hall–Kier alpha value is -2.48. The smallest absolute Gasteiger partial charge is 0.150 e. The quantitative estimate of drug-likeness (QED) is 0.641. The third kappa shape index (κ3) is 2.45. The highest BCUT2D eigenvalue weighted by molar-refractivity contribution is 5.89. The van der Waals surface area contributed by atoms with Crippen LogP contribution >= 0.6 is 0 Å². The van der Waals surface area contributed by atoms with Gasteiger partial charge in [-0.25, -0.2) is 4.39 Å². The molecule has 0 unspecified atom stereocenters. The van der Waals surface area contributed by atoms with Crippen molar-refractivity contribution in [2.24, 2.45) is 0 Å². The van der Waals surface area contributed by atoms with E-state index in [1.54, 1.807) is 18.2 Å². The van der Waals surface area contributed by atoms with E-state index in [1.807, 2.05) is 36.4 Å². The molecule has 0 atom stereocenters. The third-order valence-electron chi connectivity index (χ3n) is 3.42. The molecule has 3 aromatic rings. The Morgan fingerprint density at radius 2 is 1.65 bits per heavy atom. The molecule has 0 bridgehead atoms. The molecule has 0 amide bonds. The largest absolute Gasteiger partial charge is 0.298 e. The third-order valence-corrected chi connectivity index (χ3v) is 3.42. The molecular formula is C18H13FO. The molecule has 0 aliphatic rings. The Morgan fingerprint density at radius 1 is 0.900 bits per heavy atom. The molecule has 0 aromatic heterocycles. The zero-order chi connectivity index (χ0) is 13.9. The molecule has 0 radical (unpaired) electrons. The van der Waals surface area contributed by atoms with E-state index in [0.29, 0.717) is 17.5 Å². The summed E-state index contributed by atoms with van der Waals surface area (Å²) >= 11 is 0. The fourth-order valence-electron chi connectivity index (χ4n) is 2.36. The second-order valence-corrected chi connectivity index (χ2v) is 4.83. The molecule has 3 rings (SSSR count). The predicted molar refractivity (Wildman–Crippen MR) is 78.5 cm³/mol. The molecule has 2 heteroatoms. The molecule has 3 aromatic carbocycles. The van der Waals surface area contributed by atoms with E-state index in [4.69, 9.17) is 0 Å². The first kappa shape index (κ1) is 12.5. The highest BCUT2D eigenvalue weighted by Crippen LogP contribution is 2.20. The van der Waals surface area contributed by atoms with Crippen LogP contribution in [-0.2, 0) is 6.42 Å². The first-order valence-electron chi connectivity index (χ1n) is 6.47. The van der Waals surface area contributed by atoms with Gasteiger partial charge in [0.25, 0.3) is 0 Å². The lowest BCUT2D eigenvalue weighted by Crippen LogP contribution is -1.92. The van der Waals surface area contributed by atoms with Crippen LogP contribution in [0.4, 0.5) is 4.39 Å². The Labute approximate surface area is 116 Å². The molecule has 0 fully saturated rings. The van der Waals surface area contributed by atoms with Gasteiger partial charge >= 0.3 is 0 Å². The summed E-state index contributed by atoms with van der Waals surface area (Å²) < 4.78 is 13.6. The van der Waals surface area contributed by atoms with Gasteiger partial charge in [-0.05, 0) is 34.0 Å². The van der Waals surface area contributed by atoms with Gasteiger partial charge in [-0.1, -0.05) is 48.5 Å². The van der Waals surface area contributed by atoms with E-state index >= 15 is 0 Å². The zero-order valence-electron chi connectivity index (χ0n) is 10.8. The number of fused-ring (bicyclic) bond motifs is 1. The number of benzene rings is 3. The number of hydrogen-bond acceptors (Lipinski definition) is 1. The fourth-order valence-corrected chi connectivity index (χ4v) is 2.36. The van der Waals surface area contributed by atoms with Crippen molar-refractivity contribution in [1.29, 1.82) is 0 Å². The molecule has 0 saturated heterocycles. The molecule has 0 aliphatic heterocycles. The summed E-state index contributed by atoms with van der Waals surface area (Å²) in [5.41, 5.74) is 2.41. The van der Waals surface area contributed by atoms with Crippen molar-refractivity contribution in [3.63, 3.8) is 0 Å². The summed E-state index contributed by atoms with van der Waals surface area (Å²) in [4.78, 5) is 10.8. The van der Waals surface area contributed by atoms with E-state index in [0.717, 1.165) is 22.6 Å². The minimum Gasteiger partial charge on any atom is -0.298 e. The summed E-state index contributed by atoms with van der Waals surface area (Å²) in [6, 6.07) is 18.4. The van der Waals surface area contributed by atoms with Crippen LogP contribution in [0.3, 0.4) is 0 Å². The summed E-state index contributed by atoms with van der Waals surface area (Å²) in [7, 11) is 0. The summed E-state index contributed by atoms with van der Waals surface area (Å²) in [6.45, 7) is 0. The molecule has 0 saturated carbocycles. The van der Waals surface area contributed by atoms with Crippen LogP contribution in [0.5, 0.6) is 0 Å². The van der Waals surface area contributed by atoms with Crippen molar-refractivity contribution in [3.8, 4) is 0 Å². The molecule has 0 spiro atoms. The first-order chi connectivity index (χ1) is 9.76. The Balaban J connectivity index is 1.97. The average Bonchev–Trinajstić information content (AvgIpc) is 2.49. The van der Waals surface area contributed by atoms with Crippen molar-refractivity contribution in [2.45, 2.75) is 6.42 Å². The Bertz CT molecular complexity index is 777. The number of carbonyl (C=O) groups excluding carboxylic acids is 1. The first-order valence-corrected chi connectivity index (χ1v) is 6.47. The van der Waals surface area contributed by atoms with Gasteiger partial charge in [-0.2, -0.15) is 0 Å². The minimum atomic E-state index is -0.177. The van der Waals surface area contributed by atoms with E-state index in [-0.39, 0.29) is 5.82 Å². The summed E-state index contributed by atoms with van der Waals surface area (Å²) in [5, 5.41) is 2.08. The highest BCUT2D eigenvalue weighted by Gasteiger charge is 2.03. The monoisotopic (exact) mass is 264 g/mol. The molecule has 1 nitrogen and oxygen atoms in total. The summed E-state index contributed by atoms with van der Waals surface area (Å²) in [6.07, 6.45) is 1.41. The normalized spacial score (nSPS) is 10.7. The number of halogens is 1. The molecular weight excluding hydrogens is 251 g/mol. The molecule has 20 heavy (non-hydrogen) atoms. The maximum atomic E-state index is 13.6. The summed E-state index contributed by atoms with van der Waals surface area (Å²) in [5.74, 6) is -0.177. The second-order valence-electron chi connectivity index (χ2n) is 4.83. The van der Waals surface area contributed by atoms with Crippen molar-refractivity contribution in [1.82, 2.24) is 0 Å². The SMILES string of the molecule is O=Cc1ccc2cc(Cc3ccccc3F)ccc2c1. The van der Waals surface area contributed by atoms with Crippen LogP contribution in [0.1, 0.15) is 21.5 Å². The van der Waals surface area contributed by atoms with Crippen LogP contribution in [0.25, 0.3) is 10.8 Å². The number of hydrogen-bond donors (Lipinski definition) is 0. The lowest BCUT2D eigenvalue weighted by atomic mass is 10.00.